The van der Waals surface area contributed by atoms with Gasteiger partial charge in [-0.05, 0) is 65.2 Å². The predicted octanol–water partition coefficient (Wildman–Crippen LogP) is 5.64. The molecule has 0 unspecified atom stereocenters. The number of hydrogen-bond acceptors (Lipinski definition) is 5. The molecule has 0 fully saturated rings. The van der Waals surface area contributed by atoms with Gasteiger partial charge in [0.25, 0.3) is 5.91 Å². The number of aryl methyl sites for hydroxylation is 2. The van der Waals surface area contributed by atoms with Crippen molar-refractivity contribution in [2.24, 2.45) is 0 Å². The number of rotatable bonds is 4. The average Bonchev–Trinajstić information content (AvgIpc) is 2.71. The van der Waals surface area contributed by atoms with Gasteiger partial charge in [0.1, 0.15) is 18.2 Å². The molecular formula is C22H19BrN2O3S. The fourth-order valence-corrected chi connectivity index (χ4v) is 4.28. The molecule has 4 rings (SSSR count). The van der Waals surface area contributed by atoms with Gasteiger partial charge >= 0.3 is 0 Å². The van der Waals surface area contributed by atoms with Crippen LogP contribution in [0.4, 0.5) is 5.69 Å². The standard InChI is InChI=1S/C22H19BrN2O3S/c1-13-5-6-15(10-14(13)2)29-22-16(4-3-7-24-22)21(26)25-18-12-20-19(11-17(18)23)27-8-9-28-20/h3-7,10-12H,8-9H2,1-2H3,(H,25,26). The summed E-state index contributed by atoms with van der Waals surface area (Å²) in [6, 6.07) is 13.3. The lowest BCUT2D eigenvalue weighted by molar-refractivity contribution is 0.102. The van der Waals surface area contributed by atoms with Crippen molar-refractivity contribution in [3.63, 3.8) is 0 Å². The second kappa shape index (κ2) is 8.47. The van der Waals surface area contributed by atoms with E-state index in [4.69, 9.17) is 9.47 Å². The van der Waals surface area contributed by atoms with Gasteiger partial charge in [-0.2, -0.15) is 0 Å². The first-order chi connectivity index (χ1) is 14.0. The summed E-state index contributed by atoms with van der Waals surface area (Å²) in [6.07, 6.45) is 1.69. The van der Waals surface area contributed by atoms with E-state index in [1.165, 1.54) is 22.9 Å². The van der Waals surface area contributed by atoms with Crippen LogP contribution >= 0.6 is 27.7 Å². The van der Waals surface area contributed by atoms with Crippen molar-refractivity contribution in [3.05, 3.63) is 69.8 Å². The van der Waals surface area contributed by atoms with E-state index in [1.807, 2.05) is 6.07 Å². The van der Waals surface area contributed by atoms with E-state index in [1.54, 1.807) is 30.5 Å². The van der Waals surface area contributed by atoms with Crippen molar-refractivity contribution < 1.29 is 14.3 Å². The molecule has 1 aliphatic heterocycles. The number of carbonyl (C=O) groups is 1. The van der Waals surface area contributed by atoms with Crippen LogP contribution in [0.25, 0.3) is 0 Å². The summed E-state index contributed by atoms with van der Waals surface area (Å²) in [6.45, 7) is 5.15. The largest absolute Gasteiger partial charge is 0.486 e. The van der Waals surface area contributed by atoms with Crippen LogP contribution in [-0.2, 0) is 0 Å². The Balaban J connectivity index is 1.59. The molecule has 1 aromatic heterocycles. The molecule has 29 heavy (non-hydrogen) atoms. The SMILES string of the molecule is Cc1ccc(Sc2ncccc2C(=O)Nc2cc3c(cc2Br)OCCO3)cc1C. The van der Waals surface area contributed by atoms with E-state index >= 15 is 0 Å². The van der Waals surface area contributed by atoms with E-state index in [-0.39, 0.29) is 5.91 Å². The molecule has 0 aliphatic carbocycles. The number of nitrogens with zero attached hydrogens (tertiary/aromatic N) is 1. The van der Waals surface area contributed by atoms with Gasteiger partial charge in [-0.15, -0.1) is 0 Å². The minimum atomic E-state index is -0.234. The van der Waals surface area contributed by atoms with E-state index in [2.05, 4.69) is 52.2 Å². The predicted molar refractivity (Wildman–Crippen MR) is 117 cm³/mol. The number of benzene rings is 2. The number of aromatic nitrogens is 1. The summed E-state index contributed by atoms with van der Waals surface area (Å²) in [7, 11) is 0. The smallest absolute Gasteiger partial charge is 0.258 e. The van der Waals surface area contributed by atoms with Crippen LogP contribution in [0.1, 0.15) is 21.5 Å². The Labute approximate surface area is 182 Å². The van der Waals surface area contributed by atoms with E-state index < -0.39 is 0 Å². The summed E-state index contributed by atoms with van der Waals surface area (Å²) in [5, 5.41) is 3.60. The van der Waals surface area contributed by atoms with Crippen LogP contribution in [-0.4, -0.2) is 24.1 Å². The van der Waals surface area contributed by atoms with Gasteiger partial charge < -0.3 is 14.8 Å². The number of pyridine rings is 1. The Morgan fingerprint density at radius 1 is 1.07 bits per heavy atom. The van der Waals surface area contributed by atoms with E-state index in [9.17, 15) is 4.79 Å². The maximum atomic E-state index is 13.0. The highest BCUT2D eigenvalue weighted by Crippen LogP contribution is 2.38. The third-order valence-electron chi connectivity index (χ3n) is 4.59. The fraction of sp³-hybridized carbons (Fsp3) is 0.182. The van der Waals surface area contributed by atoms with E-state index in [0.29, 0.717) is 41.0 Å². The minimum Gasteiger partial charge on any atom is -0.486 e. The number of halogens is 1. The quantitative estimate of drug-likeness (QED) is 0.534. The molecule has 1 aliphatic rings. The Morgan fingerprint density at radius 3 is 2.59 bits per heavy atom. The molecule has 7 heteroatoms. The second-order valence-electron chi connectivity index (χ2n) is 6.63. The molecule has 0 saturated heterocycles. The second-order valence-corrected chi connectivity index (χ2v) is 8.55. The highest BCUT2D eigenvalue weighted by atomic mass is 79.9. The molecule has 2 heterocycles. The van der Waals surface area contributed by atoms with Gasteiger partial charge in [0.2, 0.25) is 0 Å². The molecule has 0 spiro atoms. The molecular weight excluding hydrogens is 452 g/mol. The van der Waals surface area contributed by atoms with Gasteiger partial charge in [-0.1, -0.05) is 17.8 Å². The highest BCUT2D eigenvalue weighted by Gasteiger charge is 2.19. The number of nitrogens with one attached hydrogen (secondary N) is 1. The summed E-state index contributed by atoms with van der Waals surface area (Å²) in [5.41, 5.74) is 3.57. The molecule has 2 aromatic carbocycles. The summed E-state index contributed by atoms with van der Waals surface area (Å²) >= 11 is 4.97. The van der Waals surface area contributed by atoms with Crippen molar-refractivity contribution in [1.29, 1.82) is 0 Å². The molecule has 1 amide bonds. The first-order valence-electron chi connectivity index (χ1n) is 9.12. The number of anilines is 1. The van der Waals surface area contributed by atoms with Crippen molar-refractivity contribution >= 4 is 39.3 Å². The van der Waals surface area contributed by atoms with Crippen molar-refractivity contribution in [2.75, 3.05) is 18.5 Å². The first kappa shape index (κ1) is 19.8. The van der Waals surface area contributed by atoms with Crippen LogP contribution in [0.5, 0.6) is 11.5 Å². The van der Waals surface area contributed by atoms with Gasteiger partial charge in [-0.3, -0.25) is 4.79 Å². The van der Waals surface area contributed by atoms with E-state index in [0.717, 1.165) is 9.37 Å². The summed E-state index contributed by atoms with van der Waals surface area (Å²) in [5.74, 6) is 1.04. The van der Waals surface area contributed by atoms with Crippen LogP contribution in [0, 0.1) is 13.8 Å². The normalized spacial score (nSPS) is 12.5. The summed E-state index contributed by atoms with van der Waals surface area (Å²) < 4.78 is 11.9. The number of ether oxygens (including phenoxy) is 2. The molecule has 3 aromatic rings. The van der Waals surface area contributed by atoms with Gasteiger partial charge in [0.15, 0.2) is 11.5 Å². The Kier molecular flexibility index (Phi) is 5.78. The number of hydrogen-bond donors (Lipinski definition) is 1. The summed E-state index contributed by atoms with van der Waals surface area (Å²) in [4.78, 5) is 18.5. The highest BCUT2D eigenvalue weighted by molar-refractivity contribution is 9.10. The number of fused-ring (bicyclic) bond motifs is 1. The minimum absolute atomic E-state index is 0.234. The first-order valence-corrected chi connectivity index (χ1v) is 10.7. The van der Waals surface area contributed by atoms with Crippen molar-refractivity contribution in [1.82, 2.24) is 4.98 Å². The number of carbonyl (C=O) groups excluding carboxylic acids is 1. The van der Waals surface area contributed by atoms with Crippen molar-refractivity contribution in [2.45, 2.75) is 23.8 Å². The lowest BCUT2D eigenvalue weighted by Gasteiger charge is -2.20. The molecule has 0 saturated carbocycles. The number of amides is 1. The van der Waals surface area contributed by atoms with Gasteiger partial charge in [0.05, 0.1) is 11.3 Å². The molecule has 148 valence electrons. The average molecular weight is 471 g/mol. The molecule has 0 atom stereocenters. The van der Waals surface area contributed by atoms with Gasteiger partial charge in [-0.25, -0.2) is 4.98 Å². The fourth-order valence-electron chi connectivity index (χ4n) is 2.88. The van der Waals surface area contributed by atoms with Crippen LogP contribution in [0.2, 0.25) is 0 Å². The zero-order valence-electron chi connectivity index (χ0n) is 16.0. The molecule has 0 bridgehead atoms. The molecule has 1 N–H and O–H groups in total. The maximum absolute atomic E-state index is 13.0. The zero-order chi connectivity index (χ0) is 20.4. The Morgan fingerprint density at radius 2 is 1.83 bits per heavy atom. The van der Waals surface area contributed by atoms with Crippen molar-refractivity contribution in [3.8, 4) is 11.5 Å². The molecule has 0 radical (unpaired) electrons. The Bertz CT molecular complexity index is 1090. The van der Waals surface area contributed by atoms with Gasteiger partial charge in [0, 0.05) is 27.7 Å². The third kappa shape index (κ3) is 4.41. The van der Waals surface area contributed by atoms with Crippen LogP contribution < -0.4 is 14.8 Å². The lowest BCUT2D eigenvalue weighted by atomic mass is 10.1. The zero-order valence-corrected chi connectivity index (χ0v) is 18.4. The topological polar surface area (TPSA) is 60.5 Å². The monoisotopic (exact) mass is 470 g/mol. The van der Waals surface area contributed by atoms with Crippen LogP contribution in [0.3, 0.4) is 0 Å². The molecule has 5 nitrogen and oxygen atoms in total. The Hall–Kier alpha value is -2.51. The van der Waals surface area contributed by atoms with Crippen LogP contribution in [0.15, 0.2) is 63.1 Å². The third-order valence-corrected chi connectivity index (χ3v) is 6.25. The lowest BCUT2D eigenvalue weighted by Crippen LogP contribution is -2.17. The maximum Gasteiger partial charge on any atom is 0.258 e.